The molecule has 0 bridgehead atoms. The molecule has 0 atom stereocenters. The Bertz CT molecular complexity index is 582. The SMILES string of the molecule is CC(=O)c1ccc(C#N)cc1Sc1cccs1. The molecule has 4 heteroatoms. The largest absolute Gasteiger partial charge is 0.294 e. The molecule has 0 aliphatic carbocycles. The van der Waals surface area contributed by atoms with Crippen molar-refractivity contribution in [3.05, 3.63) is 46.8 Å². The van der Waals surface area contributed by atoms with Gasteiger partial charge in [0.1, 0.15) is 0 Å². The third-order valence-corrected chi connectivity index (χ3v) is 4.29. The van der Waals surface area contributed by atoms with Crippen LogP contribution in [0, 0.1) is 11.3 Å². The van der Waals surface area contributed by atoms with Gasteiger partial charge in [0.25, 0.3) is 0 Å². The molecule has 84 valence electrons. The van der Waals surface area contributed by atoms with Crippen LogP contribution < -0.4 is 0 Å². The van der Waals surface area contributed by atoms with Gasteiger partial charge in [-0.25, -0.2) is 0 Å². The number of hydrogen-bond acceptors (Lipinski definition) is 4. The van der Waals surface area contributed by atoms with Crippen LogP contribution in [-0.4, -0.2) is 5.78 Å². The van der Waals surface area contributed by atoms with Crippen molar-refractivity contribution in [1.82, 2.24) is 0 Å². The van der Waals surface area contributed by atoms with Crippen LogP contribution in [0.15, 0.2) is 44.8 Å². The molecule has 0 aliphatic rings. The first-order valence-corrected chi connectivity index (χ1v) is 6.67. The zero-order valence-electron chi connectivity index (χ0n) is 9.14. The van der Waals surface area contributed by atoms with E-state index in [1.807, 2.05) is 17.5 Å². The van der Waals surface area contributed by atoms with E-state index in [0.717, 1.165) is 9.10 Å². The average Bonchev–Trinajstić information content (AvgIpc) is 2.81. The van der Waals surface area contributed by atoms with E-state index in [9.17, 15) is 4.79 Å². The zero-order valence-corrected chi connectivity index (χ0v) is 10.8. The number of thiophene rings is 1. The van der Waals surface area contributed by atoms with Gasteiger partial charge in [0.05, 0.1) is 15.8 Å². The van der Waals surface area contributed by atoms with Gasteiger partial charge in [0.2, 0.25) is 0 Å². The molecule has 2 rings (SSSR count). The van der Waals surface area contributed by atoms with Gasteiger partial charge < -0.3 is 0 Å². The zero-order chi connectivity index (χ0) is 12.3. The predicted molar refractivity (Wildman–Crippen MR) is 69.6 cm³/mol. The summed E-state index contributed by atoms with van der Waals surface area (Å²) in [5.74, 6) is 0.0218. The Morgan fingerprint density at radius 1 is 1.41 bits per heavy atom. The van der Waals surface area contributed by atoms with Gasteiger partial charge in [-0.1, -0.05) is 17.8 Å². The molecule has 2 nitrogen and oxygen atoms in total. The Kier molecular flexibility index (Phi) is 3.62. The summed E-state index contributed by atoms with van der Waals surface area (Å²) in [6.45, 7) is 1.54. The number of benzene rings is 1. The summed E-state index contributed by atoms with van der Waals surface area (Å²) in [5.41, 5.74) is 1.25. The molecule has 1 aromatic carbocycles. The van der Waals surface area contributed by atoms with Crippen molar-refractivity contribution in [2.24, 2.45) is 0 Å². The molecule has 17 heavy (non-hydrogen) atoms. The van der Waals surface area contributed by atoms with E-state index in [-0.39, 0.29) is 5.78 Å². The number of rotatable bonds is 3. The first kappa shape index (κ1) is 11.9. The molecule has 0 unspecified atom stereocenters. The molecular formula is C13H9NOS2. The summed E-state index contributed by atoms with van der Waals surface area (Å²) in [6, 6.07) is 11.2. The minimum atomic E-state index is 0.0218. The molecule has 0 spiro atoms. The Hall–Kier alpha value is -1.57. The Balaban J connectivity index is 2.42. The minimum Gasteiger partial charge on any atom is -0.294 e. The molecule has 1 aromatic heterocycles. The summed E-state index contributed by atoms with van der Waals surface area (Å²) >= 11 is 3.15. The molecule has 0 N–H and O–H groups in total. The normalized spacial score (nSPS) is 9.88. The van der Waals surface area contributed by atoms with E-state index in [4.69, 9.17) is 5.26 Å². The van der Waals surface area contributed by atoms with E-state index < -0.39 is 0 Å². The molecular weight excluding hydrogens is 250 g/mol. The molecule has 0 amide bonds. The maximum Gasteiger partial charge on any atom is 0.160 e. The third kappa shape index (κ3) is 2.76. The number of carbonyl (C=O) groups is 1. The molecule has 0 aliphatic heterocycles. The third-order valence-electron chi connectivity index (χ3n) is 2.20. The highest BCUT2D eigenvalue weighted by atomic mass is 32.2. The van der Waals surface area contributed by atoms with Crippen LogP contribution in [0.3, 0.4) is 0 Å². The lowest BCUT2D eigenvalue weighted by Crippen LogP contribution is -1.95. The smallest absolute Gasteiger partial charge is 0.160 e. The lowest BCUT2D eigenvalue weighted by molar-refractivity contribution is 0.101. The van der Waals surface area contributed by atoms with Gasteiger partial charge in [0.15, 0.2) is 5.78 Å². The molecule has 2 aromatic rings. The summed E-state index contributed by atoms with van der Waals surface area (Å²) < 4.78 is 1.11. The fourth-order valence-electron chi connectivity index (χ4n) is 1.40. The molecule has 0 radical (unpaired) electrons. The highest BCUT2D eigenvalue weighted by Crippen LogP contribution is 2.34. The van der Waals surface area contributed by atoms with Crippen molar-refractivity contribution in [3.63, 3.8) is 0 Å². The van der Waals surface area contributed by atoms with Crippen LogP contribution in [-0.2, 0) is 0 Å². The lowest BCUT2D eigenvalue weighted by atomic mass is 10.1. The van der Waals surface area contributed by atoms with Crippen molar-refractivity contribution in [1.29, 1.82) is 5.26 Å². The van der Waals surface area contributed by atoms with Crippen LogP contribution in [0.25, 0.3) is 0 Å². The molecule has 0 saturated carbocycles. The van der Waals surface area contributed by atoms with Crippen molar-refractivity contribution < 1.29 is 4.79 Å². The molecule has 0 fully saturated rings. The fraction of sp³-hybridized carbons (Fsp3) is 0.0769. The maximum atomic E-state index is 11.5. The van der Waals surface area contributed by atoms with Crippen LogP contribution in [0.4, 0.5) is 0 Å². The number of nitrogens with zero attached hydrogens (tertiary/aromatic N) is 1. The first-order valence-electron chi connectivity index (χ1n) is 4.97. The topological polar surface area (TPSA) is 40.9 Å². The quantitative estimate of drug-likeness (QED) is 0.783. The maximum absolute atomic E-state index is 11.5. The van der Waals surface area contributed by atoms with Crippen LogP contribution in [0.5, 0.6) is 0 Å². The number of ketones is 1. The summed E-state index contributed by atoms with van der Waals surface area (Å²) in [5, 5.41) is 10.9. The number of carbonyl (C=O) groups excluding carboxylic acids is 1. The first-order chi connectivity index (χ1) is 8.20. The van der Waals surface area contributed by atoms with E-state index in [2.05, 4.69) is 6.07 Å². The fourth-order valence-corrected chi connectivity index (χ4v) is 3.34. The van der Waals surface area contributed by atoms with Crippen LogP contribution in [0.1, 0.15) is 22.8 Å². The van der Waals surface area contributed by atoms with E-state index in [0.29, 0.717) is 11.1 Å². The Morgan fingerprint density at radius 2 is 2.24 bits per heavy atom. The van der Waals surface area contributed by atoms with Crippen molar-refractivity contribution in [2.75, 3.05) is 0 Å². The second kappa shape index (κ2) is 5.17. The summed E-state index contributed by atoms with van der Waals surface area (Å²) in [6.07, 6.45) is 0. The number of nitriles is 1. The Morgan fingerprint density at radius 3 is 2.82 bits per heavy atom. The van der Waals surface area contributed by atoms with Gasteiger partial charge >= 0.3 is 0 Å². The van der Waals surface area contributed by atoms with Crippen LogP contribution >= 0.6 is 23.1 Å². The van der Waals surface area contributed by atoms with Gasteiger partial charge in [-0.05, 0) is 36.6 Å². The number of hydrogen-bond donors (Lipinski definition) is 0. The standard InChI is InChI=1S/C13H9NOS2/c1-9(15)11-5-4-10(8-14)7-12(11)17-13-3-2-6-16-13/h2-7H,1H3. The van der Waals surface area contributed by atoms with Gasteiger partial charge in [-0.15, -0.1) is 11.3 Å². The Labute approximate surface area is 108 Å². The second-order valence-electron chi connectivity index (χ2n) is 3.41. The molecule has 0 saturated heterocycles. The van der Waals surface area contributed by atoms with E-state index >= 15 is 0 Å². The lowest BCUT2D eigenvalue weighted by Gasteiger charge is -2.05. The molecule has 1 heterocycles. The van der Waals surface area contributed by atoms with Crippen LogP contribution in [0.2, 0.25) is 0 Å². The summed E-state index contributed by atoms with van der Waals surface area (Å²) in [7, 11) is 0. The predicted octanol–water partition coefficient (Wildman–Crippen LogP) is 3.97. The van der Waals surface area contributed by atoms with E-state index in [1.54, 1.807) is 36.5 Å². The van der Waals surface area contributed by atoms with Crippen molar-refractivity contribution in [3.8, 4) is 6.07 Å². The van der Waals surface area contributed by atoms with Gasteiger partial charge in [-0.2, -0.15) is 5.26 Å². The van der Waals surface area contributed by atoms with Gasteiger partial charge in [-0.3, -0.25) is 4.79 Å². The number of Topliss-reactive ketones (excluding diaryl/α,β-unsaturated/α-hetero) is 1. The van der Waals surface area contributed by atoms with Gasteiger partial charge in [0, 0.05) is 10.5 Å². The van der Waals surface area contributed by atoms with Crippen molar-refractivity contribution >= 4 is 28.9 Å². The van der Waals surface area contributed by atoms with Crippen molar-refractivity contribution in [2.45, 2.75) is 16.0 Å². The second-order valence-corrected chi connectivity index (χ2v) is 5.70. The highest BCUT2D eigenvalue weighted by Gasteiger charge is 2.10. The van der Waals surface area contributed by atoms with E-state index in [1.165, 1.54) is 11.8 Å². The highest BCUT2D eigenvalue weighted by molar-refractivity contribution is 8.01. The monoisotopic (exact) mass is 259 g/mol. The summed E-state index contributed by atoms with van der Waals surface area (Å²) in [4.78, 5) is 12.3. The average molecular weight is 259 g/mol. The minimum absolute atomic E-state index is 0.0218.